The summed E-state index contributed by atoms with van der Waals surface area (Å²) in [6.07, 6.45) is 0. The van der Waals surface area contributed by atoms with Crippen molar-refractivity contribution in [3.05, 3.63) is 88.5 Å². The van der Waals surface area contributed by atoms with Gasteiger partial charge in [-0.2, -0.15) is 0 Å². The Morgan fingerprint density at radius 3 is 2.28 bits per heavy atom. The summed E-state index contributed by atoms with van der Waals surface area (Å²) in [5, 5.41) is 0. The van der Waals surface area contributed by atoms with Crippen LogP contribution in [0.15, 0.2) is 54.6 Å². The molecule has 29 heavy (non-hydrogen) atoms. The van der Waals surface area contributed by atoms with Gasteiger partial charge < -0.3 is 15.0 Å². The lowest BCUT2D eigenvalue weighted by Gasteiger charge is -2.10. The molecule has 0 bridgehead atoms. The molecule has 148 valence electrons. The molecule has 0 radical (unpaired) electrons. The molecule has 1 amide bonds. The van der Waals surface area contributed by atoms with E-state index in [2.05, 4.69) is 0 Å². The SMILES string of the molecule is Cc1cc(C(=O)COC(=O)c2ccc(C(N)=O)cc2)c(C)n1-c1cccc(F)c1. The van der Waals surface area contributed by atoms with E-state index in [1.807, 2.05) is 0 Å². The first-order valence-electron chi connectivity index (χ1n) is 8.83. The van der Waals surface area contributed by atoms with Crippen LogP contribution in [0.5, 0.6) is 0 Å². The first-order valence-corrected chi connectivity index (χ1v) is 8.83. The predicted octanol–water partition coefficient (Wildman–Crippen LogP) is 3.37. The van der Waals surface area contributed by atoms with Crippen molar-refractivity contribution in [2.45, 2.75) is 13.8 Å². The van der Waals surface area contributed by atoms with Gasteiger partial charge in [-0.1, -0.05) is 6.07 Å². The number of halogens is 1. The molecule has 0 saturated heterocycles. The second-order valence-electron chi connectivity index (χ2n) is 6.54. The Hall–Kier alpha value is -3.74. The molecule has 6 nitrogen and oxygen atoms in total. The number of benzene rings is 2. The number of ketones is 1. The highest BCUT2D eigenvalue weighted by Gasteiger charge is 2.19. The van der Waals surface area contributed by atoms with Crippen molar-refractivity contribution in [2.75, 3.05) is 6.61 Å². The topological polar surface area (TPSA) is 91.4 Å². The van der Waals surface area contributed by atoms with Gasteiger partial charge in [-0.05, 0) is 62.4 Å². The van der Waals surface area contributed by atoms with Crippen LogP contribution in [0.1, 0.15) is 42.5 Å². The Morgan fingerprint density at radius 2 is 1.66 bits per heavy atom. The van der Waals surface area contributed by atoms with E-state index in [0.717, 1.165) is 5.69 Å². The smallest absolute Gasteiger partial charge is 0.338 e. The number of Topliss-reactive ketones (excluding diaryl/α,β-unsaturated/α-hetero) is 1. The molecule has 7 heteroatoms. The second kappa shape index (κ2) is 8.10. The standard InChI is InChI=1S/C22H19FN2O4/c1-13-10-19(14(2)25(13)18-5-3-4-17(23)11-18)20(26)12-29-22(28)16-8-6-15(7-9-16)21(24)27/h3-11H,12H2,1-2H3,(H2,24,27). The fourth-order valence-corrected chi connectivity index (χ4v) is 3.12. The van der Waals surface area contributed by atoms with Gasteiger partial charge in [0, 0.05) is 28.2 Å². The van der Waals surface area contributed by atoms with Crippen LogP contribution >= 0.6 is 0 Å². The molecule has 0 aliphatic carbocycles. The lowest BCUT2D eigenvalue weighted by Crippen LogP contribution is -2.15. The van der Waals surface area contributed by atoms with Crippen molar-refractivity contribution in [3.8, 4) is 5.69 Å². The molecule has 1 heterocycles. The van der Waals surface area contributed by atoms with E-state index in [1.165, 1.54) is 36.4 Å². The molecule has 0 atom stereocenters. The fourth-order valence-electron chi connectivity index (χ4n) is 3.12. The van der Waals surface area contributed by atoms with Crippen molar-refractivity contribution in [1.29, 1.82) is 0 Å². The molecule has 0 spiro atoms. The molecule has 3 rings (SSSR count). The number of amides is 1. The van der Waals surface area contributed by atoms with E-state index < -0.39 is 18.5 Å². The van der Waals surface area contributed by atoms with Gasteiger partial charge >= 0.3 is 5.97 Å². The molecule has 0 aliphatic rings. The monoisotopic (exact) mass is 394 g/mol. The van der Waals surface area contributed by atoms with Crippen LogP contribution in [0.3, 0.4) is 0 Å². The zero-order chi connectivity index (χ0) is 21.1. The molecule has 0 saturated carbocycles. The average Bonchev–Trinajstić information content (AvgIpc) is 3.00. The number of hydrogen-bond acceptors (Lipinski definition) is 4. The third kappa shape index (κ3) is 4.24. The molecule has 3 aromatic rings. The van der Waals surface area contributed by atoms with E-state index in [4.69, 9.17) is 10.5 Å². The highest BCUT2D eigenvalue weighted by atomic mass is 19.1. The first kappa shape index (κ1) is 20.0. The minimum Gasteiger partial charge on any atom is -0.454 e. The van der Waals surface area contributed by atoms with Gasteiger partial charge in [0.25, 0.3) is 0 Å². The van der Waals surface area contributed by atoms with Crippen molar-refractivity contribution in [2.24, 2.45) is 5.73 Å². The summed E-state index contributed by atoms with van der Waals surface area (Å²) in [6, 6.07) is 13.4. The van der Waals surface area contributed by atoms with Crippen molar-refractivity contribution < 1.29 is 23.5 Å². The second-order valence-corrected chi connectivity index (χ2v) is 6.54. The number of esters is 1. The summed E-state index contributed by atoms with van der Waals surface area (Å²) in [6.45, 7) is 3.11. The highest BCUT2D eigenvalue weighted by Crippen LogP contribution is 2.22. The zero-order valence-electron chi connectivity index (χ0n) is 15.9. The summed E-state index contributed by atoms with van der Waals surface area (Å²) in [5.41, 5.74) is 8.00. The van der Waals surface area contributed by atoms with Crippen LogP contribution in [0, 0.1) is 19.7 Å². The third-order valence-electron chi connectivity index (χ3n) is 4.54. The molecule has 2 N–H and O–H groups in total. The van der Waals surface area contributed by atoms with Crippen molar-refractivity contribution >= 4 is 17.7 Å². The number of aromatic nitrogens is 1. The average molecular weight is 394 g/mol. The Bertz CT molecular complexity index is 1100. The maximum Gasteiger partial charge on any atom is 0.338 e. The van der Waals surface area contributed by atoms with Gasteiger partial charge in [0.15, 0.2) is 6.61 Å². The maximum absolute atomic E-state index is 13.6. The molecule has 0 aliphatic heterocycles. The van der Waals surface area contributed by atoms with Crippen LogP contribution in [0.4, 0.5) is 4.39 Å². The Morgan fingerprint density at radius 1 is 1.00 bits per heavy atom. The fraction of sp³-hybridized carbons (Fsp3) is 0.136. The number of rotatable bonds is 6. The third-order valence-corrected chi connectivity index (χ3v) is 4.54. The van der Waals surface area contributed by atoms with Crippen LogP contribution in [-0.2, 0) is 4.74 Å². The van der Waals surface area contributed by atoms with E-state index in [-0.39, 0.29) is 22.7 Å². The minimum absolute atomic E-state index is 0.202. The van der Waals surface area contributed by atoms with E-state index in [9.17, 15) is 18.8 Å². The van der Waals surface area contributed by atoms with Crippen molar-refractivity contribution in [3.63, 3.8) is 0 Å². The van der Waals surface area contributed by atoms with Gasteiger partial charge in [-0.15, -0.1) is 0 Å². The Kier molecular flexibility index (Phi) is 5.59. The molecule has 0 unspecified atom stereocenters. The van der Waals surface area contributed by atoms with Crippen LogP contribution in [0.25, 0.3) is 5.69 Å². The van der Waals surface area contributed by atoms with Crippen LogP contribution < -0.4 is 5.73 Å². The summed E-state index contributed by atoms with van der Waals surface area (Å²) in [5.74, 6) is -2.04. The quantitative estimate of drug-likeness (QED) is 0.513. The first-order chi connectivity index (χ1) is 13.8. The van der Waals surface area contributed by atoms with E-state index in [1.54, 1.807) is 36.6 Å². The van der Waals surface area contributed by atoms with Crippen LogP contribution in [-0.4, -0.2) is 28.8 Å². The number of nitrogens with two attached hydrogens (primary N) is 1. The number of nitrogens with zero attached hydrogens (tertiary/aromatic N) is 1. The van der Waals surface area contributed by atoms with Gasteiger partial charge in [-0.3, -0.25) is 9.59 Å². The van der Waals surface area contributed by atoms with Gasteiger partial charge in [0.1, 0.15) is 5.82 Å². The molecule has 0 fully saturated rings. The normalized spacial score (nSPS) is 10.6. The van der Waals surface area contributed by atoms with Crippen LogP contribution in [0.2, 0.25) is 0 Å². The molecular weight excluding hydrogens is 375 g/mol. The number of primary amides is 1. The number of hydrogen-bond donors (Lipinski definition) is 1. The predicted molar refractivity (Wildman–Crippen MR) is 105 cm³/mol. The van der Waals surface area contributed by atoms with Crippen molar-refractivity contribution in [1.82, 2.24) is 4.57 Å². The van der Waals surface area contributed by atoms with Gasteiger partial charge in [0.2, 0.25) is 11.7 Å². The maximum atomic E-state index is 13.6. The van der Waals surface area contributed by atoms with Gasteiger partial charge in [-0.25, -0.2) is 9.18 Å². The number of aryl methyl sites for hydroxylation is 1. The largest absolute Gasteiger partial charge is 0.454 e. The summed E-state index contributed by atoms with van der Waals surface area (Å²) < 4.78 is 20.4. The summed E-state index contributed by atoms with van der Waals surface area (Å²) in [4.78, 5) is 35.8. The Labute approximate surface area is 166 Å². The zero-order valence-corrected chi connectivity index (χ0v) is 15.9. The van der Waals surface area contributed by atoms with Gasteiger partial charge in [0.05, 0.1) is 5.56 Å². The minimum atomic E-state index is -0.687. The highest BCUT2D eigenvalue weighted by molar-refractivity contribution is 6.01. The number of carbonyl (C=O) groups is 3. The number of carbonyl (C=O) groups excluding carboxylic acids is 3. The molecule has 1 aromatic heterocycles. The molecule has 2 aromatic carbocycles. The lowest BCUT2D eigenvalue weighted by atomic mass is 10.1. The summed E-state index contributed by atoms with van der Waals surface area (Å²) in [7, 11) is 0. The Balaban J connectivity index is 1.73. The molecular formula is C22H19FN2O4. The number of ether oxygens (including phenoxy) is 1. The van der Waals surface area contributed by atoms with E-state index in [0.29, 0.717) is 16.9 Å². The van der Waals surface area contributed by atoms with E-state index >= 15 is 0 Å². The lowest BCUT2D eigenvalue weighted by molar-refractivity contribution is 0.0474. The summed E-state index contributed by atoms with van der Waals surface area (Å²) >= 11 is 0.